The zero-order valence-corrected chi connectivity index (χ0v) is 13.2. The van der Waals surface area contributed by atoms with Crippen LogP contribution >= 0.6 is 0 Å². The lowest BCUT2D eigenvalue weighted by Gasteiger charge is -2.37. The van der Waals surface area contributed by atoms with E-state index < -0.39 is 17.4 Å². The summed E-state index contributed by atoms with van der Waals surface area (Å²) in [7, 11) is 1.63. The number of rotatable bonds is 2. The van der Waals surface area contributed by atoms with E-state index in [1.54, 1.807) is 37.5 Å². The molecule has 2 heterocycles. The number of nitrogens with one attached hydrogen (secondary N) is 1. The molecule has 6 nitrogen and oxygen atoms in total. The molecule has 1 aliphatic heterocycles. The summed E-state index contributed by atoms with van der Waals surface area (Å²) in [4.78, 5) is 30.8. The zero-order valence-electron chi connectivity index (χ0n) is 13.2. The SMILES string of the molecule is Cc1ccc2c(c1)N(C)C(=O)C(C)(C(=O)Nc1ccccn1)O2. The molecule has 23 heavy (non-hydrogen) atoms. The smallest absolute Gasteiger partial charge is 0.280 e. The van der Waals surface area contributed by atoms with Crippen molar-refractivity contribution >= 4 is 23.3 Å². The molecular formula is C17H17N3O3. The molecule has 6 heteroatoms. The molecule has 1 unspecified atom stereocenters. The average molecular weight is 311 g/mol. The highest BCUT2D eigenvalue weighted by Crippen LogP contribution is 2.38. The summed E-state index contributed by atoms with van der Waals surface area (Å²) in [5.41, 5.74) is 0.0146. The molecule has 0 saturated heterocycles. The number of amides is 2. The first-order valence-electron chi connectivity index (χ1n) is 7.22. The second-order valence-electron chi connectivity index (χ2n) is 5.64. The normalized spacial score (nSPS) is 19.8. The van der Waals surface area contributed by atoms with Crippen molar-refractivity contribution in [3.8, 4) is 5.75 Å². The fraction of sp³-hybridized carbons (Fsp3) is 0.235. The van der Waals surface area contributed by atoms with Gasteiger partial charge in [0.1, 0.15) is 11.6 Å². The first-order valence-corrected chi connectivity index (χ1v) is 7.22. The molecule has 118 valence electrons. The number of aromatic nitrogens is 1. The van der Waals surface area contributed by atoms with Crippen molar-refractivity contribution < 1.29 is 14.3 Å². The van der Waals surface area contributed by atoms with E-state index in [2.05, 4.69) is 10.3 Å². The Morgan fingerprint density at radius 1 is 1.30 bits per heavy atom. The summed E-state index contributed by atoms with van der Waals surface area (Å²) in [6.07, 6.45) is 1.56. The second-order valence-corrected chi connectivity index (χ2v) is 5.64. The summed E-state index contributed by atoms with van der Waals surface area (Å²) < 4.78 is 5.76. The number of aryl methyl sites for hydroxylation is 1. The first-order chi connectivity index (χ1) is 10.9. The third-order valence-electron chi connectivity index (χ3n) is 3.84. The molecule has 2 amide bonds. The van der Waals surface area contributed by atoms with Crippen molar-refractivity contribution in [1.29, 1.82) is 0 Å². The van der Waals surface area contributed by atoms with Crippen molar-refractivity contribution in [3.63, 3.8) is 0 Å². The van der Waals surface area contributed by atoms with Crippen LogP contribution in [0.25, 0.3) is 0 Å². The predicted octanol–water partition coefficient (Wildman–Crippen LogP) is 2.14. The Balaban J connectivity index is 1.94. The molecule has 0 aliphatic carbocycles. The number of nitrogens with zero attached hydrogens (tertiary/aromatic N) is 2. The molecule has 1 atom stereocenters. The highest BCUT2D eigenvalue weighted by atomic mass is 16.5. The van der Waals surface area contributed by atoms with Gasteiger partial charge in [0.25, 0.3) is 17.4 Å². The van der Waals surface area contributed by atoms with Gasteiger partial charge in [-0.3, -0.25) is 9.59 Å². The summed E-state index contributed by atoms with van der Waals surface area (Å²) in [6, 6.07) is 10.6. The van der Waals surface area contributed by atoms with Gasteiger partial charge in [-0.25, -0.2) is 4.98 Å². The molecule has 0 bridgehead atoms. The van der Waals surface area contributed by atoms with Gasteiger partial charge in [0, 0.05) is 13.2 Å². The number of fused-ring (bicyclic) bond motifs is 1. The van der Waals surface area contributed by atoms with E-state index in [9.17, 15) is 9.59 Å². The minimum absolute atomic E-state index is 0.368. The third-order valence-corrected chi connectivity index (χ3v) is 3.84. The molecule has 1 aromatic carbocycles. The third kappa shape index (κ3) is 2.52. The maximum absolute atomic E-state index is 12.7. The lowest BCUT2D eigenvalue weighted by Crippen LogP contribution is -2.59. The molecule has 0 spiro atoms. The maximum Gasteiger partial charge on any atom is 0.280 e. The fourth-order valence-corrected chi connectivity index (χ4v) is 2.48. The molecule has 0 fully saturated rings. The summed E-state index contributed by atoms with van der Waals surface area (Å²) in [6.45, 7) is 3.40. The topological polar surface area (TPSA) is 71.5 Å². The largest absolute Gasteiger partial charge is 0.465 e. The lowest BCUT2D eigenvalue weighted by atomic mass is 10.00. The maximum atomic E-state index is 12.7. The number of likely N-dealkylation sites (N-methyl/N-ethyl adjacent to an activating group) is 1. The van der Waals surface area contributed by atoms with Crippen molar-refractivity contribution in [2.45, 2.75) is 19.4 Å². The van der Waals surface area contributed by atoms with Crippen molar-refractivity contribution in [3.05, 3.63) is 48.2 Å². The molecular weight excluding hydrogens is 294 g/mol. The van der Waals surface area contributed by atoms with E-state index in [0.717, 1.165) is 5.56 Å². The van der Waals surface area contributed by atoms with Gasteiger partial charge in [-0.05, 0) is 43.7 Å². The Labute approximate surface area is 134 Å². The van der Waals surface area contributed by atoms with Gasteiger partial charge < -0.3 is 15.0 Å². The molecule has 1 aromatic heterocycles. The van der Waals surface area contributed by atoms with Crippen LogP contribution in [-0.2, 0) is 9.59 Å². The number of hydrogen-bond donors (Lipinski definition) is 1. The zero-order chi connectivity index (χ0) is 16.6. The number of hydrogen-bond acceptors (Lipinski definition) is 4. The number of pyridine rings is 1. The summed E-state index contributed by atoms with van der Waals surface area (Å²) in [5.74, 6) is -0.118. The fourth-order valence-electron chi connectivity index (χ4n) is 2.48. The van der Waals surface area contributed by atoms with Crippen LogP contribution in [-0.4, -0.2) is 29.4 Å². The van der Waals surface area contributed by atoms with Crippen molar-refractivity contribution in [2.24, 2.45) is 0 Å². The van der Waals surface area contributed by atoms with Crippen LogP contribution in [0.2, 0.25) is 0 Å². The quantitative estimate of drug-likeness (QED) is 0.863. The number of benzene rings is 1. The summed E-state index contributed by atoms with van der Waals surface area (Å²) >= 11 is 0. The number of carbonyl (C=O) groups excluding carboxylic acids is 2. The Morgan fingerprint density at radius 3 is 2.78 bits per heavy atom. The number of anilines is 2. The lowest BCUT2D eigenvalue weighted by molar-refractivity contribution is -0.144. The molecule has 2 aromatic rings. The number of carbonyl (C=O) groups is 2. The van der Waals surface area contributed by atoms with Crippen molar-refractivity contribution in [2.75, 3.05) is 17.3 Å². The second kappa shape index (κ2) is 5.39. The Bertz CT molecular complexity index is 776. The van der Waals surface area contributed by atoms with E-state index in [1.807, 2.05) is 19.1 Å². The Morgan fingerprint density at radius 2 is 2.09 bits per heavy atom. The van der Waals surface area contributed by atoms with E-state index in [0.29, 0.717) is 17.3 Å². The first kappa shape index (κ1) is 15.0. The molecule has 0 saturated carbocycles. The van der Waals surface area contributed by atoms with Crippen LogP contribution in [0.15, 0.2) is 42.6 Å². The number of ether oxygens (including phenoxy) is 1. The van der Waals surface area contributed by atoms with Crippen LogP contribution in [0, 0.1) is 6.92 Å². The molecule has 3 rings (SSSR count). The molecule has 0 radical (unpaired) electrons. The van der Waals surface area contributed by atoms with Gasteiger partial charge in [-0.2, -0.15) is 0 Å². The minimum atomic E-state index is -1.64. The van der Waals surface area contributed by atoms with Crippen LogP contribution in [0.3, 0.4) is 0 Å². The van der Waals surface area contributed by atoms with Gasteiger partial charge in [-0.15, -0.1) is 0 Å². The van der Waals surface area contributed by atoms with Crippen LogP contribution in [0.5, 0.6) is 5.75 Å². The highest BCUT2D eigenvalue weighted by Gasteiger charge is 2.49. The average Bonchev–Trinajstić information content (AvgIpc) is 2.54. The summed E-state index contributed by atoms with van der Waals surface area (Å²) in [5, 5.41) is 2.62. The predicted molar refractivity (Wildman–Crippen MR) is 86.5 cm³/mol. The van der Waals surface area contributed by atoms with Gasteiger partial charge >= 0.3 is 0 Å². The van der Waals surface area contributed by atoms with Crippen LogP contribution < -0.4 is 15.0 Å². The van der Waals surface area contributed by atoms with Gasteiger partial charge in [-0.1, -0.05) is 12.1 Å². The van der Waals surface area contributed by atoms with Crippen LogP contribution in [0.1, 0.15) is 12.5 Å². The Kier molecular flexibility index (Phi) is 3.52. The van der Waals surface area contributed by atoms with E-state index in [4.69, 9.17) is 4.74 Å². The van der Waals surface area contributed by atoms with E-state index >= 15 is 0 Å². The molecule has 1 N–H and O–H groups in total. The Hall–Kier alpha value is -2.89. The van der Waals surface area contributed by atoms with Gasteiger partial charge in [0.2, 0.25) is 0 Å². The monoisotopic (exact) mass is 311 g/mol. The highest BCUT2D eigenvalue weighted by molar-refractivity contribution is 6.19. The van der Waals surface area contributed by atoms with Crippen LogP contribution in [0.4, 0.5) is 11.5 Å². The van der Waals surface area contributed by atoms with E-state index in [1.165, 1.54) is 11.8 Å². The van der Waals surface area contributed by atoms with E-state index in [-0.39, 0.29) is 0 Å². The van der Waals surface area contributed by atoms with Gasteiger partial charge in [0.05, 0.1) is 5.69 Å². The standard InChI is InChI=1S/C17H17N3O3/c1-11-7-8-13-12(10-11)20(3)16(22)17(2,23-13)15(21)19-14-6-4-5-9-18-14/h4-10H,1-3H3,(H,18,19,21). The van der Waals surface area contributed by atoms with Gasteiger partial charge in [0.15, 0.2) is 0 Å². The van der Waals surface area contributed by atoms with Crippen molar-refractivity contribution in [1.82, 2.24) is 4.98 Å². The molecule has 1 aliphatic rings. The minimum Gasteiger partial charge on any atom is -0.465 e.